The number of thiol groups is 1. The lowest BCUT2D eigenvalue weighted by molar-refractivity contribution is -0.138. The van der Waals surface area contributed by atoms with Crippen LogP contribution in [-0.4, -0.2) is 26.8 Å². The highest BCUT2D eigenvalue weighted by atomic mass is 32.2. The Morgan fingerprint density at radius 3 is 2.69 bits per heavy atom. The van der Waals surface area contributed by atoms with Crippen molar-refractivity contribution in [2.24, 2.45) is 5.92 Å². The molecule has 0 saturated carbocycles. The number of aliphatic carboxylic acids is 1. The summed E-state index contributed by atoms with van der Waals surface area (Å²) in [6.07, 6.45) is 2.18. The summed E-state index contributed by atoms with van der Waals surface area (Å²) in [5.74, 6) is -0.260. The van der Waals surface area contributed by atoms with Crippen molar-refractivity contribution in [2.75, 3.05) is 11.5 Å². The van der Waals surface area contributed by atoms with Crippen molar-refractivity contribution in [3.05, 3.63) is 0 Å². The van der Waals surface area contributed by atoms with Crippen LogP contribution in [0.5, 0.6) is 0 Å². The number of carboxylic acid groups (broad SMARTS) is 1. The van der Waals surface area contributed by atoms with Gasteiger partial charge >= 0.3 is 5.97 Å². The first-order chi connectivity index (χ1) is 6.13. The minimum atomic E-state index is -0.871. The van der Waals surface area contributed by atoms with E-state index in [0.717, 1.165) is 18.6 Å². The van der Waals surface area contributed by atoms with Gasteiger partial charge in [0.25, 0.3) is 0 Å². The van der Waals surface area contributed by atoms with Crippen molar-refractivity contribution in [3.63, 3.8) is 0 Å². The molecular weight excluding hydrogens is 224 g/mol. The predicted octanol–water partition coefficient (Wildman–Crippen LogP) is 2.48. The molecule has 0 aliphatic rings. The highest BCUT2D eigenvalue weighted by Crippen LogP contribution is 2.16. The van der Waals surface area contributed by atoms with Gasteiger partial charge in [0.05, 0.1) is 4.20 Å². The molecular formula is C8H14O2S3. The van der Waals surface area contributed by atoms with E-state index in [1.165, 1.54) is 11.8 Å². The van der Waals surface area contributed by atoms with E-state index in [1.54, 1.807) is 0 Å². The Morgan fingerprint density at radius 2 is 2.31 bits per heavy atom. The van der Waals surface area contributed by atoms with Crippen LogP contribution in [0.25, 0.3) is 0 Å². The van der Waals surface area contributed by atoms with Crippen molar-refractivity contribution in [1.82, 2.24) is 0 Å². The summed E-state index contributed by atoms with van der Waals surface area (Å²) in [6.45, 7) is 2.09. The number of thioether (sulfide) groups is 1. The van der Waals surface area contributed by atoms with Gasteiger partial charge < -0.3 is 5.11 Å². The van der Waals surface area contributed by atoms with Crippen LogP contribution < -0.4 is 0 Å². The molecule has 2 nitrogen and oxygen atoms in total. The molecule has 0 aliphatic carbocycles. The van der Waals surface area contributed by atoms with Gasteiger partial charge in [0.2, 0.25) is 0 Å². The summed E-state index contributed by atoms with van der Waals surface area (Å²) in [5.41, 5.74) is 0. The summed E-state index contributed by atoms with van der Waals surface area (Å²) in [6, 6.07) is 0. The highest BCUT2D eigenvalue weighted by molar-refractivity contribution is 8.23. The van der Waals surface area contributed by atoms with E-state index in [4.69, 9.17) is 17.3 Å². The number of hydrogen-bond donors (Lipinski definition) is 2. The normalized spacial score (nSPS) is 12.5. The van der Waals surface area contributed by atoms with E-state index in [1.807, 2.05) is 0 Å². The van der Waals surface area contributed by atoms with E-state index in [0.29, 0.717) is 4.20 Å². The molecule has 0 fully saturated rings. The van der Waals surface area contributed by atoms with Gasteiger partial charge in [-0.05, 0) is 12.2 Å². The Morgan fingerprint density at radius 1 is 1.69 bits per heavy atom. The van der Waals surface area contributed by atoms with E-state index >= 15 is 0 Å². The molecule has 0 aromatic heterocycles. The monoisotopic (exact) mass is 238 g/mol. The number of unbranched alkanes of at least 4 members (excludes halogenated alkanes) is 1. The molecule has 0 aliphatic heterocycles. The van der Waals surface area contributed by atoms with Crippen LogP contribution in [0.1, 0.15) is 19.8 Å². The number of carboxylic acids is 1. The van der Waals surface area contributed by atoms with Crippen LogP contribution in [0.2, 0.25) is 0 Å². The molecule has 76 valence electrons. The first-order valence-electron chi connectivity index (χ1n) is 4.13. The van der Waals surface area contributed by atoms with Crippen LogP contribution in [0.4, 0.5) is 0 Å². The van der Waals surface area contributed by atoms with Gasteiger partial charge in [0.15, 0.2) is 0 Å². The first kappa shape index (κ1) is 13.3. The molecule has 0 saturated heterocycles. The molecule has 0 radical (unpaired) electrons. The van der Waals surface area contributed by atoms with Crippen LogP contribution in [0, 0.1) is 5.92 Å². The maximum Gasteiger partial charge on any atom is 0.313 e. The molecule has 0 rings (SSSR count). The van der Waals surface area contributed by atoms with E-state index in [2.05, 4.69) is 19.6 Å². The largest absolute Gasteiger partial charge is 0.481 e. The molecule has 0 amide bonds. The fourth-order valence-electron chi connectivity index (χ4n) is 0.671. The Hall–Kier alpha value is 0.260. The van der Waals surface area contributed by atoms with Gasteiger partial charge in [-0.2, -0.15) is 12.6 Å². The third-order valence-corrected chi connectivity index (χ3v) is 3.57. The number of carbonyl (C=O) groups is 1. The number of hydrogen-bond acceptors (Lipinski definition) is 4. The quantitative estimate of drug-likeness (QED) is 0.423. The van der Waals surface area contributed by atoms with Crippen molar-refractivity contribution in [2.45, 2.75) is 19.8 Å². The van der Waals surface area contributed by atoms with Crippen LogP contribution in [0.3, 0.4) is 0 Å². The summed E-state index contributed by atoms with van der Waals surface area (Å²) >= 11 is 10.4. The molecule has 1 N–H and O–H groups in total. The second-order valence-electron chi connectivity index (χ2n) is 2.59. The zero-order chi connectivity index (χ0) is 10.3. The zero-order valence-electron chi connectivity index (χ0n) is 7.52. The molecule has 1 unspecified atom stereocenters. The van der Waals surface area contributed by atoms with E-state index in [-0.39, 0.29) is 5.75 Å². The highest BCUT2D eigenvalue weighted by Gasteiger charge is 2.20. The molecule has 13 heavy (non-hydrogen) atoms. The van der Waals surface area contributed by atoms with Gasteiger partial charge in [0, 0.05) is 5.75 Å². The van der Waals surface area contributed by atoms with Crippen LogP contribution in [0.15, 0.2) is 0 Å². The maximum atomic E-state index is 10.7. The Kier molecular flexibility index (Phi) is 7.80. The van der Waals surface area contributed by atoms with Crippen molar-refractivity contribution in [3.8, 4) is 0 Å². The van der Waals surface area contributed by atoms with Crippen LogP contribution in [-0.2, 0) is 4.79 Å². The van der Waals surface area contributed by atoms with Gasteiger partial charge in [0.1, 0.15) is 5.92 Å². The number of thiocarbonyl (C=S) groups is 1. The lowest BCUT2D eigenvalue weighted by Crippen LogP contribution is -2.22. The third kappa shape index (κ3) is 5.54. The minimum absolute atomic E-state index is 0.285. The van der Waals surface area contributed by atoms with Crippen molar-refractivity contribution >= 4 is 46.8 Å². The first-order valence-corrected chi connectivity index (χ1v) is 6.16. The Labute approximate surface area is 93.9 Å². The number of rotatable bonds is 6. The molecule has 0 bridgehead atoms. The molecule has 0 aromatic rings. The van der Waals surface area contributed by atoms with Crippen molar-refractivity contribution in [1.29, 1.82) is 0 Å². The summed E-state index contributed by atoms with van der Waals surface area (Å²) < 4.78 is 0.552. The fraction of sp³-hybridized carbons (Fsp3) is 0.750. The standard InChI is InChI=1S/C8H14O2S3/c1-2-3-4-13-8(12)6(5-11)7(9)10/h6,11H,2-5H2,1H3,(H,9,10). The average molecular weight is 238 g/mol. The van der Waals surface area contributed by atoms with E-state index in [9.17, 15) is 4.79 Å². The average Bonchev–Trinajstić information content (AvgIpc) is 2.05. The topological polar surface area (TPSA) is 37.3 Å². The van der Waals surface area contributed by atoms with Crippen molar-refractivity contribution < 1.29 is 9.90 Å². The molecule has 5 heteroatoms. The molecule has 0 heterocycles. The summed E-state index contributed by atoms with van der Waals surface area (Å²) in [4.78, 5) is 10.7. The third-order valence-electron chi connectivity index (χ3n) is 1.51. The smallest absolute Gasteiger partial charge is 0.313 e. The predicted molar refractivity (Wildman–Crippen MR) is 64.9 cm³/mol. The second kappa shape index (κ2) is 7.64. The van der Waals surface area contributed by atoms with Gasteiger partial charge in [-0.1, -0.05) is 25.6 Å². The maximum absolute atomic E-state index is 10.7. The lowest BCUT2D eigenvalue weighted by Gasteiger charge is -2.09. The van der Waals surface area contributed by atoms with Gasteiger partial charge in [-0.25, -0.2) is 0 Å². The second-order valence-corrected chi connectivity index (χ2v) is 4.79. The Balaban J connectivity index is 3.85. The molecule has 0 aromatic carbocycles. The Bertz CT molecular complexity index is 182. The van der Waals surface area contributed by atoms with Crippen LogP contribution >= 0.6 is 36.6 Å². The lowest BCUT2D eigenvalue weighted by atomic mass is 10.2. The van der Waals surface area contributed by atoms with E-state index < -0.39 is 11.9 Å². The fourth-order valence-corrected chi connectivity index (χ4v) is 2.71. The SMILES string of the molecule is CCCCSC(=S)C(CS)C(=O)O. The van der Waals surface area contributed by atoms with Gasteiger partial charge in [-0.3, -0.25) is 4.79 Å². The summed E-state index contributed by atoms with van der Waals surface area (Å²) in [5, 5.41) is 8.75. The molecule has 1 atom stereocenters. The molecule has 0 spiro atoms. The minimum Gasteiger partial charge on any atom is -0.481 e. The summed E-state index contributed by atoms with van der Waals surface area (Å²) in [7, 11) is 0. The zero-order valence-corrected chi connectivity index (χ0v) is 10.1. The van der Waals surface area contributed by atoms with Gasteiger partial charge in [-0.15, -0.1) is 11.8 Å².